The summed E-state index contributed by atoms with van der Waals surface area (Å²) in [5.74, 6) is -0.410. The normalized spacial score (nSPS) is 18.1. The molecule has 1 unspecified atom stereocenters. The molecule has 2 fully saturated rings. The highest BCUT2D eigenvalue weighted by Gasteiger charge is 2.39. The van der Waals surface area contributed by atoms with Crippen LogP contribution in [0, 0.1) is 0 Å². The van der Waals surface area contributed by atoms with Crippen LogP contribution in [0.2, 0.25) is 0 Å². The molecule has 298 valence electrons. The highest BCUT2D eigenvalue weighted by Crippen LogP contribution is 2.24. The van der Waals surface area contributed by atoms with Crippen LogP contribution in [0.15, 0.2) is 0 Å². The van der Waals surface area contributed by atoms with Crippen LogP contribution in [-0.4, -0.2) is 91.8 Å². The Morgan fingerprint density at radius 3 is 1.90 bits per heavy atom. The molecular formula is C42H79N3O6. The van der Waals surface area contributed by atoms with Gasteiger partial charge in [-0.1, -0.05) is 104 Å². The lowest BCUT2D eigenvalue weighted by Crippen LogP contribution is -2.38. The molecule has 2 heterocycles. The van der Waals surface area contributed by atoms with Gasteiger partial charge in [0.15, 0.2) is 0 Å². The minimum Gasteiger partial charge on any atom is -0.465 e. The van der Waals surface area contributed by atoms with E-state index in [1.165, 1.54) is 77.0 Å². The van der Waals surface area contributed by atoms with Gasteiger partial charge in [0.05, 0.1) is 13.0 Å². The maximum atomic E-state index is 13.1. The molecule has 2 rings (SSSR count). The minimum atomic E-state index is -0.365. The number of carbonyl (C=O) groups excluding carboxylic acids is 3. The summed E-state index contributed by atoms with van der Waals surface area (Å²) < 4.78 is 17.6. The molecular weight excluding hydrogens is 642 g/mol. The van der Waals surface area contributed by atoms with Crippen molar-refractivity contribution in [2.45, 2.75) is 205 Å². The number of unbranched alkanes of at least 4 members (excludes halogenated alkanes) is 16. The molecule has 0 aromatic heterocycles. The molecule has 0 radical (unpaired) electrons. The molecule has 0 saturated carbocycles. The Kier molecular flexibility index (Phi) is 27.4. The smallest absolute Gasteiger partial charge is 0.323 e. The van der Waals surface area contributed by atoms with Crippen molar-refractivity contribution < 1.29 is 28.6 Å². The molecule has 0 bridgehead atoms. The molecule has 2 aliphatic heterocycles. The monoisotopic (exact) mass is 722 g/mol. The van der Waals surface area contributed by atoms with E-state index in [-0.39, 0.29) is 36.2 Å². The Morgan fingerprint density at radius 2 is 1.25 bits per heavy atom. The number of hydrogen-bond acceptors (Lipinski definition) is 9. The number of nitrogens with two attached hydrogens (primary N) is 1. The lowest BCUT2D eigenvalue weighted by atomic mass is 10.0. The molecule has 2 aliphatic rings. The zero-order chi connectivity index (χ0) is 36.8. The summed E-state index contributed by atoms with van der Waals surface area (Å²) in [5, 5.41) is 0. The molecule has 0 amide bonds. The summed E-state index contributed by atoms with van der Waals surface area (Å²) >= 11 is 0. The van der Waals surface area contributed by atoms with Crippen LogP contribution in [0.3, 0.4) is 0 Å². The van der Waals surface area contributed by atoms with Crippen LogP contribution >= 0.6 is 0 Å². The average molecular weight is 722 g/mol. The number of rotatable bonds is 33. The van der Waals surface area contributed by atoms with Crippen molar-refractivity contribution in [3.8, 4) is 0 Å². The average Bonchev–Trinajstić information content (AvgIpc) is 3.80. The number of nitrogens with zero attached hydrogens (tertiary/aromatic N) is 2. The number of likely N-dealkylation sites (tertiary alicyclic amines) is 2. The van der Waals surface area contributed by atoms with Crippen LogP contribution in [0.25, 0.3) is 0 Å². The van der Waals surface area contributed by atoms with Crippen LogP contribution in [-0.2, 0) is 28.6 Å². The van der Waals surface area contributed by atoms with E-state index in [1.807, 2.05) is 0 Å². The van der Waals surface area contributed by atoms with E-state index in [9.17, 15) is 14.4 Å². The number of ether oxygens (including phenoxy) is 3. The first-order valence-electron chi connectivity index (χ1n) is 21.7. The fourth-order valence-corrected chi connectivity index (χ4v) is 7.56. The molecule has 0 aromatic carbocycles. The first-order chi connectivity index (χ1) is 25.0. The van der Waals surface area contributed by atoms with Gasteiger partial charge in [0.2, 0.25) is 0 Å². The fraction of sp³-hybridized carbons (Fsp3) is 0.929. The third-order valence-corrected chi connectivity index (χ3v) is 10.7. The summed E-state index contributed by atoms with van der Waals surface area (Å²) in [5.41, 5.74) is 5.67. The first-order valence-corrected chi connectivity index (χ1v) is 21.7. The topological polar surface area (TPSA) is 111 Å². The maximum Gasteiger partial charge on any atom is 0.323 e. The first kappa shape index (κ1) is 45.4. The molecule has 0 aromatic rings. The standard InChI is InChI=1S/C42H79N3O6/c1-3-5-7-9-12-17-25-37(26-18-13-10-8-6-4-2)50-40(46)27-19-14-11-15-24-34-49-42(48)39-35-38(36-45(39)32-21-16-20-29-43)51-41(47)28-33-44-30-22-23-31-44/h37-39H,3-36,43H2,1-2H3/t38?,39-/m0/s1. The van der Waals surface area contributed by atoms with Crippen LogP contribution in [0.1, 0.15) is 187 Å². The zero-order valence-corrected chi connectivity index (χ0v) is 33.2. The van der Waals surface area contributed by atoms with Crippen LogP contribution in [0.5, 0.6) is 0 Å². The van der Waals surface area contributed by atoms with Gasteiger partial charge < -0.3 is 24.8 Å². The van der Waals surface area contributed by atoms with Crippen molar-refractivity contribution in [1.29, 1.82) is 0 Å². The summed E-state index contributed by atoms with van der Waals surface area (Å²) in [6, 6.07) is -0.365. The molecule has 0 aliphatic carbocycles. The summed E-state index contributed by atoms with van der Waals surface area (Å²) in [4.78, 5) is 42.9. The van der Waals surface area contributed by atoms with Crippen molar-refractivity contribution in [3.63, 3.8) is 0 Å². The predicted octanol–water partition coefficient (Wildman–Crippen LogP) is 8.88. The summed E-state index contributed by atoms with van der Waals surface area (Å²) in [7, 11) is 0. The second kappa shape index (κ2) is 30.7. The third kappa shape index (κ3) is 22.9. The van der Waals surface area contributed by atoms with Crippen LogP contribution in [0.4, 0.5) is 0 Å². The van der Waals surface area contributed by atoms with Gasteiger partial charge in [-0.05, 0) is 90.4 Å². The molecule has 9 nitrogen and oxygen atoms in total. The van der Waals surface area contributed by atoms with E-state index in [2.05, 4.69) is 23.6 Å². The Labute approximate surface area is 312 Å². The quantitative estimate of drug-likeness (QED) is 0.0404. The van der Waals surface area contributed by atoms with E-state index in [0.717, 1.165) is 103 Å². The lowest BCUT2D eigenvalue weighted by Gasteiger charge is -2.22. The van der Waals surface area contributed by atoms with Gasteiger partial charge in [0.1, 0.15) is 18.2 Å². The van der Waals surface area contributed by atoms with Gasteiger partial charge in [0, 0.05) is 25.9 Å². The summed E-state index contributed by atoms with van der Waals surface area (Å²) in [6.45, 7) is 9.82. The van der Waals surface area contributed by atoms with Crippen LogP contribution < -0.4 is 5.73 Å². The highest BCUT2D eigenvalue weighted by molar-refractivity contribution is 5.76. The Bertz CT molecular complexity index is 867. The van der Waals surface area contributed by atoms with Gasteiger partial charge in [-0.15, -0.1) is 0 Å². The van der Waals surface area contributed by atoms with Crippen molar-refractivity contribution >= 4 is 17.9 Å². The van der Waals surface area contributed by atoms with Gasteiger partial charge >= 0.3 is 17.9 Å². The molecule has 9 heteroatoms. The molecule has 0 spiro atoms. The van der Waals surface area contributed by atoms with E-state index < -0.39 is 0 Å². The predicted molar refractivity (Wildman–Crippen MR) is 208 cm³/mol. The molecule has 2 saturated heterocycles. The largest absolute Gasteiger partial charge is 0.465 e. The molecule has 51 heavy (non-hydrogen) atoms. The third-order valence-electron chi connectivity index (χ3n) is 10.7. The van der Waals surface area contributed by atoms with Crippen molar-refractivity contribution in [2.75, 3.05) is 45.9 Å². The van der Waals surface area contributed by atoms with Crippen molar-refractivity contribution in [2.24, 2.45) is 5.73 Å². The van der Waals surface area contributed by atoms with E-state index in [1.54, 1.807) is 0 Å². The zero-order valence-electron chi connectivity index (χ0n) is 33.2. The Hall–Kier alpha value is -1.71. The van der Waals surface area contributed by atoms with Gasteiger partial charge in [-0.25, -0.2) is 0 Å². The molecule has 2 N–H and O–H groups in total. The van der Waals surface area contributed by atoms with E-state index in [4.69, 9.17) is 19.9 Å². The van der Waals surface area contributed by atoms with Gasteiger partial charge in [-0.2, -0.15) is 0 Å². The highest BCUT2D eigenvalue weighted by atomic mass is 16.6. The van der Waals surface area contributed by atoms with E-state index >= 15 is 0 Å². The lowest BCUT2D eigenvalue weighted by molar-refractivity contribution is -0.151. The maximum absolute atomic E-state index is 13.1. The Balaban J connectivity index is 1.62. The summed E-state index contributed by atoms with van der Waals surface area (Å²) in [6.07, 6.45) is 28.3. The van der Waals surface area contributed by atoms with Crippen molar-refractivity contribution in [1.82, 2.24) is 9.80 Å². The van der Waals surface area contributed by atoms with Crippen molar-refractivity contribution in [3.05, 3.63) is 0 Å². The second-order valence-corrected chi connectivity index (χ2v) is 15.4. The number of hydrogen-bond donors (Lipinski definition) is 1. The number of esters is 3. The number of carbonyl (C=O) groups is 3. The molecule has 2 atom stereocenters. The SMILES string of the molecule is CCCCCCCCC(CCCCCCCC)OC(=O)CCCCCCCOC(=O)[C@@H]1CC(OC(=O)CCN2CCCC2)CN1CCCCCN. The van der Waals surface area contributed by atoms with Gasteiger partial charge in [-0.3, -0.25) is 19.3 Å². The second-order valence-electron chi connectivity index (χ2n) is 15.4. The minimum absolute atomic E-state index is 0.0365. The van der Waals surface area contributed by atoms with Gasteiger partial charge in [0.25, 0.3) is 0 Å². The fourth-order valence-electron chi connectivity index (χ4n) is 7.56. The Morgan fingerprint density at radius 1 is 0.667 bits per heavy atom. The van der Waals surface area contributed by atoms with E-state index in [0.29, 0.717) is 39.0 Å².